The maximum Gasteiger partial charge on any atom is 0.345 e. The monoisotopic (exact) mass is 571 g/mol. The van der Waals surface area contributed by atoms with Crippen LogP contribution in [-0.2, 0) is 4.74 Å². The van der Waals surface area contributed by atoms with E-state index in [0.29, 0.717) is 60.5 Å². The van der Waals surface area contributed by atoms with Gasteiger partial charge in [0.05, 0.1) is 37.1 Å². The number of hydrogen-bond acceptors (Lipinski definition) is 11. The summed E-state index contributed by atoms with van der Waals surface area (Å²) in [7, 11) is 1.49. The number of esters is 1. The van der Waals surface area contributed by atoms with Crippen molar-refractivity contribution in [3.05, 3.63) is 57.6 Å². The van der Waals surface area contributed by atoms with Gasteiger partial charge in [-0.2, -0.15) is 20.1 Å². The van der Waals surface area contributed by atoms with E-state index >= 15 is 0 Å². The number of nitrogens with one attached hydrogen (secondary N) is 1. The van der Waals surface area contributed by atoms with Gasteiger partial charge >= 0.3 is 5.97 Å². The summed E-state index contributed by atoms with van der Waals surface area (Å²) in [5, 5.41) is 4.94. The summed E-state index contributed by atoms with van der Waals surface area (Å²) >= 11 is 12.0. The molecule has 0 unspecified atom stereocenters. The van der Waals surface area contributed by atoms with Crippen LogP contribution in [0.1, 0.15) is 28.8 Å². The maximum absolute atomic E-state index is 12.6. The van der Waals surface area contributed by atoms with Crippen LogP contribution in [0.5, 0.6) is 11.5 Å². The lowest BCUT2D eigenvalue weighted by molar-refractivity contribution is 0.0730. The Bertz CT molecular complexity index is 1360. The van der Waals surface area contributed by atoms with Gasteiger partial charge in [-0.05, 0) is 54.8 Å². The Morgan fingerprint density at radius 3 is 2.38 bits per heavy atom. The quantitative estimate of drug-likeness (QED) is 0.182. The van der Waals surface area contributed by atoms with Crippen LogP contribution < -0.4 is 24.7 Å². The number of nitrogens with zero attached hydrogens (tertiary/aromatic N) is 6. The number of anilines is 3. The van der Waals surface area contributed by atoms with Gasteiger partial charge in [0.2, 0.25) is 17.8 Å². The van der Waals surface area contributed by atoms with Gasteiger partial charge in [0.25, 0.3) is 0 Å². The van der Waals surface area contributed by atoms with Crippen molar-refractivity contribution in [1.29, 1.82) is 0 Å². The Balaban J connectivity index is 1.30. The Labute approximate surface area is 235 Å². The highest BCUT2D eigenvalue weighted by Crippen LogP contribution is 2.30. The zero-order valence-electron chi connectivity index (χ0n) is 21.3. The molecule has 2 aliphatic rings. The summed E-state index contributed by atoms with van der Waals surface area (Å²) in [5.41, 5.74) is 3.82. The van der Waals surface area contributed by atoms with Crippen LogP contribution in [0.15, 0.2) is 41.5 Å². The molecule has 0 aliphatic carbocycles. The minimum Gasteiger partial charge on any atom is -0.493 e. The summed E-state index contributed by atoms with van der Waals surface area (Å²) in [4.78, 5) is 30.7. The first kappa shape index (κ1) is 26.9. The first-order valence-corrected chi connectivity index (χ1v) is 13.2. The number of carbonyl (C=O) groups is 1. The summed E-state index contributed by atoms with van der Waals surface area (Å²) in [5.74, 6) is 1.54. The van der Waals surface area contributed by atoms with Crippen LogP contribution in [-0.4, -0.2) is 73.6 Å². The normalized spacial score (nSPS) is 15.6. The van der Waals surface area contributed by atoms with Crippen molar-refractivity contribution in [2.24, 2.45) is 5.10 Å². The van der Waals surface area contributed by atoms with E-state index in [1.165, 1.54) is 19.2 Å². The molecule has 0 spiro atoms. The third-order valence-electron chi connectivity index (χ3n) is 6.21. The van der Waals surface area contributed by atoms with Crippen molar-refractivity contribution in [3.63, 3.8) is 0 Å². The third-order valence-corrected chi connectivity index (χ3v) is 6.76. The van der Waals surface area contributed by atoms with Crippen molar-refractivity contribution in [2.75, 3.05) is 61.7 Å². The molecule has 3 heterocycles. The fourth-order valence-electron chi connectivity index (χ4n) is 4.19. The average Bonchev–Trinajstić information content (AvgIpc) is 3.49. The lowest BCUT2D eigenvalue weighted by Crippen LogP contribution is -2.38. The average molecular weight is 572 g/mol. The predicted octanol–water partition coefficient (Wildman–Crippen LogP) is 4.29. The second-order valence-corrected chi connectivity index (χ2v) is 9.69. The van der Waals surface area contributed by atoms with E-state index in [1.54, 1.807) is 30.5 Å². The third kappa shape index (κ3) is 6.67. The van der Waals surface area contributed by atoms with E-state index in [2.05, 4.69) is 30.3 Å². The standard InChI is InChI=1S/C26H27Cl2N7O4/c1-37-22-14-17(4-7-21(22)39-23(36)19-6-5-18(27)15-20(19)28)16-29-33-24-30-25(34-8-2-3-9-34)32-26(31-24)35-10-12-38-13-11-35/h4-7,14-16H,2-3,8-13H2,1H3,(H,30,31,32,33). The van der Waals surface area contributed by atoms with Crippen molar-refractivity contribution in [2.45, 2.75) is 12.8 Å². The van der Waals surface area contributed by atoms with Gasteiger partial charge < -0.3 is 24.0 Å². The molecule has 0 saturated carbocycles. The molecule has 0 atom stereocenters. The van der Waals surface area contributed by atoms with E-state index < -0.39 is 5.97 Å². The number of morpholine rings is 1. The lowest BCUT2D eigenvalue weighted by atomic mass is 10.2. The first-order valence-electron chi connectivity index (χ1n) is 12.5. The Morgan fingerprint density at radius 1 is 0.974 bits per heavy atom. The maximum atomic E-state index is 12.6. The first-order chi connectivity index (χ1) is 19.0. The molecular formula is C26H27Cl2N7O4. The van der Waals surface area contributed by atoms with Crippen molar-refractivity contribution in [3.8, 4) is 11.5 Å². The van der Waals surface area contributed by atoms with Gasteiger partial charge in [0, 0.05) is 31.2 Å². The zero-order valence-corrected chi connectivity index (χ0v) is 22.8. The highest BCUT2D eigenvalue weighted by molar-refractivity contribution is 6.36. The number of hydrazone groups is 1. The topological polar surface area (TPSA) is 114 Å². The molecule has 39 heavy (non-hydrogen) atoms. The van der Waals surface area contributed by atoms with Gasteiger partial charge in [0.1, 0.15) is 0 Å². The summed E-state index contributed by atoms with van der Waals surface area (Å²) < 4.78 is 16.4. The predicted molar refractivity (Wildman–Crippen MR) is 150 cm³/mol. The van der Waals surface area contributed by atoms with Gasteiger partial charge in [-0.1, -0.05) is 23.2 Å². The summed E-state index contributed by atoms with van der Waals surface area (Å²) in [6, 6.07) is 9.60. The second-order valence-electron chi connectivity index (χ2n) is 8.85. The molecule has 3 aromatic rings. The molecule has 2 aliphatic heterocycles. The number of hydrogen-bond donors (Lipinski definition) is 1. The van der Waals surface area contributed by atoms with Crippen LogP contribution in [0, 0.1) is 0 Å². The number of rotatable bonds is 8. The molecule has 5 rings (SSSR count). The van der Waals surface area contributed by atoms with Gasteiger partial charge in [-0.25, -0.2) is 10.2 Å². The number of ether oxygens (including phenoxy) is 3. The highest BCUT2D eigenvalue weighted by atomic mass is 35.5. The number of benzene rings is 2. The van der Waals surface area contributed by atoms with Crippen LogP contribution in [0.4, 0.5) is 17.8 Å². The molecular weight excluding hydrogens is 545 g/mol. The second kappa shape index (κ2) is 12.5. The SMILES string of the molecule is COc1cc(C=NNc2nc(N3CCCC3)nc(N3CCOCC3)n2)ccc1OC(=O)c1ccc(Cl)cc1Cl. The van der Waals surface area contributed by atoms with Crippen molar-refractivity contribution < 1.29 is 19.0 Å². The highest BCUT2D eigenvalue weighted by Gasteiger charge is 2.21. The van der Waals surface area contributed by atoms with Crippen LogP contribution in [0.3, 0.4) is 0 Å². The molecule has 13 heteroatoms. The van der Waals surface area contributed by atoms with Crippen molar-refractivity contribution >= 4 is 53.2 Å². The molecule has 0 bridgehead atoms. The van der Waals surface area contributed by atoms with E-state index in [4.69, 9.17) is 42.4 Å². The number of halogens is 2. The molecule has 2 saturated heterocycles. The van der Waals surface area contributed by atoms with E-state index in [9.17, 15) is 4.79 Å². The van der Waals surface area contributed by atoms with E-state index in [-0.39, 0.29) is 16.3 Å². The molecule has 0 radical (unpaired) electrons. The molecule has 11 nitrogen and oxygen atoms in total. The van der Waals surface area contributed by atoms with Crippen LogP contribution >= 0.6 is 23.2 Å². The van der Waals surface area contributed by atoms with Gasteiger partial charge in [-0.3, -0.25) is 0 Å². The van der Waals surface area contributed by atoms with Gasteiger partial charge in [-0.15, -0.1) is 0 Å². The Hall–Kier alpha value is -3.67. The van der Waals surface area contributed by atoms with E-state index in [0.717, 1.165) is 25.9 Å². The van der Waals surface area contributed by atoms with Crippen molar-refractivity contribution in [1.82, 2.24) is 15.0 Å². The van der Waals surface area contributed by atoms with Gasteiger partial charge in [0.15, 0.2) is 11.5 Å². The molecule has 1 aromatic heterocycles. The molecule has 2 aromatic carbocycles. The number of aromatic nitrogens is 3. The molecule has 1 N–H and O–H groups in total. The van der Waals surface area contributed by atoms with Crippen LogP contribution in [0.2, 0.25) is 10.0 Å². The zero-order chi connectivity index (χ0) is 27.2. The largest absolute Gasteiger partial charge is 0.493 e. The molecule has 204 valence electrons. The van der Waals surface area contributed by atoms with E-state index in [1.807, 2.05) is 0 Å². The number of carbonyl (C=O) groups excluding carboxylic acids is 1. The minimum absolute atomic E-state index is 0.194. The minimum atomic E-state index is -0.627. The summed E-state index contributed by atoms with van der Waals surface area (Å²) in [6.07, 6.45) is 3.82. The smallest absolute Gasteiger partial charge is 0.345 e. The molecule has 0 amide bonds. The molecule has 2 fully saturated rings. The Kier molecular flexibility index (Phi) is 8.60. The fraction of sp³-hybridized carbons (Fsp3) is 0.346. The Morgan fingerprint density at radius 2 is 1.69 bits per heavy atom. The lowest BCUT2D eigenvalue weighted by Gasteiger charge is -2.27. The summed E-state index contributed by atoms with van der Waals surface area (Å²) in [6.45, 7) is 4.52. The van der Waals surface area contributed by atoms with Crippen LogP contribution in [0.25, 0.3) is 0 Å². The number of methoxy groups -OCH3 is 1. The fourth-order valence-corrected chi connectivity index (χ4v) is 4.68.